The molecule has 0 radical (unpaired) electrons. The SMILES string of the molecule is [Au+].[Au+].[C-]#Cc1ccc2c(c1)-c1ccccc1C2.[C-]#Cc1ccc2c(c1)Cc1ccccc1-2.c1ccc(Cc2ccccn2)nc1. The summed E-state index contributed by atoms with van der Waals surface area (Å²) in [4.78, 5) is 8.47. The predicted octanol–water partition coefficient (Wildman–Crippen LogP) is 8.45. The number of nitrogens with zero attached hydrogens (tertiary/aromatic N) is 2. The first-order chi connectivity index (χ1) is 21.2. The third-order valence-corrected chi connectivity index (χ3v) is 7.70. The molecule has 0 unspecified atom stereocenters. The first-order valence-corrected chi connectivity index (χ1v) is 14.3. The molecule has 6 aromatic rings. The molecule has 45 heavy (non-hydrogen) atoms. The van der Waals surface area contributed by atoms with Gasteiger partial charge in [0.2, 0.25) is 0 Å². The van der Waals surface area contributed by atoms with Crippen LogP contribution in [0.3, 0.4) is 0 Å². The van der Waals surface area contributed by atoms with Gasteiger partial charge in [-0.15, -0.1) is 35.4 Å². The second-order valence-corrected chi connectivity index (χ2v) is 10.5. The number of fused-ring (bicyclic) bond motifs is 6. The summed E-state index contributed by atoms with van der Waals surface area (Å²) in [5.74, 6) is 4.87. The summed E-state index contributed by atoms with van der Waals surface area (Å²) >= 11 is 0. The molecule has 4 aromatic carbocycles. The van der Waals surface area contributed by atoms with Crippen molar-refractivity contribution in [3.8, 4) is 34.1 Å². The van der Waals surface area contributed by atoms with Crippen LogP contribution in [0.5, 0.6) is 0 Å². The van der Waals surface area contributed by atoms with E-state index in [4.69, 9.17) is 12.8 Å². The van der Waals surface area contributed by atoms with Crippen LogP contribution in [-0.4, -0.2) is 9.97 Å². The van der Waals surface area contributed by atoms with Crippen molar-refractivity contribution < 1.29 is 44.8 Å². The van der Waals surface area contributed by atoms with Crippen molar-refractivity contribution >= 4 is 0 Å². The summed E-state index contributed by atoms with van der Waals surface area (Å²) in [6.45, 7) is 0. The van der Waals surface area contributed by atoms with Crippen molar-refractivity contribution in [2.75, 3.05) is 0 Å². The monoisotopic (exact) mass is 942 g/mol. The Kier molecular flexibility index (Phi) is 12.1. The zero-order chi connectivity index (χ0) is 29.4. The Morgan fingerprint density at radius 2 is 0.933 bits per heavy atom. The molecule has 2 aliphatic carbocycles. The molecule has 0 aliphatic heterocycles. The van der Waals surface area contributed by atoms with E-state index in [1.807, 2.05) is 54.6 Å². The van der Waals surface area contributed by atoms with Gasteiger partial charge in [0.05, 0.1) is 0 Å². The molecule has 4 heteroatoms. The Labute approximate surface area is 297 Å². The van der Waals surface area contributed by atoms with Gasteiger partial charge in [0.1, 0.15) is 0 Å². The molecular weight excluding hydrogens is 914 g/mol. The summed E-state index contributed by atoms with van der Waals surface area (Å²) < 4.78 is 0. The molecule has 2 nitrogen and oxygen atoms in total. The third kappa shape index (κ3) is 8.09. The minimum absolute atomic E-state index is 0. The summed E-state index contributed by atoms with van der Waals surface area (Å²) in [7, 11) is 0. The minimum Gasteiger partial charge on any atom is -0.366 e. The molecule has 0 N–H and O–H groups in total. The zero-order valence-electron chi connectivity index (χ0n) is 24.3. The molecule has 0 saturated carbocycles. The van der Waals surface area contributed by atoms with Gasteiger partial charge in [-0.3, -0.25) is 21.8 Å². The molecular formula is C41H28Au2N2. The number of aromatic nitrogens is 2. The van der Waals surface area contributed by atoms with Crippen molar-refractivity contribution in [1.29, 1.82) is 0 Å². The van der Waals surface area contributed by atoms with Crippen molar-refractivity contribution in [2.45, 2.75) is 19.3 Å². The zero-order valence-corrected chi connectivity index (χ0v) is 28.7. The molecule has 0 spiro atoms. The van der Waals surface area contributed by atoms with Crippen molar-refractivity contribution in [1.82, 2.24) is 9.97 Å². The van der Waals surface area contributed by atoms with E-state index in [1.54, 1.807) is 12.4 Å². The van der Waals surface area contributed by atoms with Crippen molar-refractivity contribution in [3.63, 3.8) is 0 Å². The second kappa shape index (κ2) is 16.2. The van der Waals surface area contributed by atoms with Crippen LogP contribution in [-0.2, 0) is 64.0 Å². The fraction of sp³-hybridized carbons (Fsp3) is 0.0732. The maximum absolute atomic E-state index is 7.14. The summed E-state index contributed by atoms with van der Waals surface area (Å²) in [6, 6.07) is 41.0. The number of hydrogen-bond donors (Lipinski definition) is 0. The maximum Gasteiger partial charge on any atom is 1.00 e. The van der Waals surface area contributed by atoms with Gasteiger partial charge < -0.3 is 12.8 Å². The van der Waals surface area contributed by atoms with Gasteiger partial charge in [-0.05, 0) is 76.1 Å². The van der Waals surface area contributed by atoms with E-state index >= 15 is 0 Å². The first kappa shape index (κ1) is 33.7. The predicted molar refractivity (Wildman–Crippen MR) is 173 cm³/mol. The molecule has 0 amide bonds. The molecule has 224 valence electrons. The Morgan fingerprint density at radius 3 is 1.51 bits per heavy atom. The number of benzene rings is 4. The summed E-state index contributed by atoms with van der Waals surface area (Å²) in [5, 5.41) is 0. The van der Waals surface area contributed by atoms with Gasteiger partial charge in [-0.25, -0.2) is 0 Å². The smallest absolute Gasteiger partial charge is 0.366 e. The van der Waals surface area contributed by atoms with Gasteiger partial charge in [0.15, 0.2) is 0 Å². The van der Waals surface area contributed by atoms with Crippen molar-refractivity contribution in [3.05, 3.63) is 191 Å². The Hall–Kier alpha value is -4.22. The van der Waals surface area contributed by atoms with Gasteiger partial charge in [-0.1, -0.05) is 78.4 Å². The molecule has 2 heterocycles. The minimum atomic E-state index is 0. The third-order valence-electron chi connectivity index (χ3n) is 7.70. The van der Waals surface area contributed by atoms with Crippen LogP contribution in [0.4, 0.5) is 0 Å². The largest absolute Gasteiger partial charge is 1.00 e. The molecule has 2 aliphatic rings. The average Bonchev–Trinajstić information content (AvgIpc) is 3.63. The molecule has 8 rings (SSSR count). The number of hydrogen-bond acceptors (Lipinski definition) is 2. The molecule has 0 bridgehead atoms. The van der Waals surface area contributed by atoms with Crippen LogP contribution in [0.1, 0.15) is 44.8 Å². The van der Waals surface area contributed by atoms with Gasteiger partial charge in [0.25, 0.3) is 0 Å². The van der Waals surface area contributed by atoms with Crippen LogP contribution < -0.4 is 0 Å². The second-order valence-electron chi connectivity index (χ2n) is 10.5. The van der Waals surface area contributed by atoms with E-state index in [-0.39, 0.29) is 44.8 Å². The number of pyridine rings is 2. The van der Waals surface area contributed by atoms with E-state index in [0.29, 0.717) is 0 Å². The summed E-state index contributed by atoms with van der Waals surface area (Å²) in [6.07, 6.45) is 20.7. The van der Waals surface area contributed by atoms with E-state index in [9.17, 15) is 0 Å². The topological polar surface area (TPSA) is 25.8 Å². The van der Waals surface area contributed by atoms with Crippen LogP contribution in [0, 0.1) is 24.7 Å². The normalized spacial score (nSPS) is 10.6. The van der Waals surface area contributed by atoms with Gasteiger partial charge in [-0.2, -0.15) is 0 Å². The van der Waals surface area contributed by atoms with Crippen LogP contribution in [0.2, 0.25) is 0 Å². The fourth-order valence-electron chi connectivity index (χ4n) is 5.62. The van der Waals surface area contributed by atoms with Crippen LogP contribution in [0.15, 0.2) is 134 Å². The molecule has 0 atom stereocenters. The average molecular weight is 943 g/mol. The van der Waals surface area contributed by atoms with Crippen LogP contribution >= 0.6 is 0 Å². The molecule has 0 saturated heterocycles. The van der Waals surface area contributed by atoms with E-state index in [1.165, 1.54) is 44.5 Å². The Balaban J connectivity index is 0.000000151. The standard InChI is InChI=1S/2C15H9.C11H10N2.2Au/c1-2-11-7-8-15-13(9-11)10-12-5-3-4-6-14(12)15;1-2-11-7-8-13-10-12-5-3-4-6-14(12)15(13)9-11;1-3-7-12-10(5-1)9-11-6-2-4-8-13-11;;/h2*3-9H,10H2;1-8H,9H2;;/q2*-1;;2*+1. The van der Waals surface area contributed by atoms with Crippen LogP contribution in [0.25, 0.3) is 22.3 Å². The maximum atomic E-state index is 7.14. The van der Waals surface area contributed by atoms with E-state index in [0.717, 1.165) is 41.8 Å². The fourth-order valence-corrected chi connectivity index (χ4v) is 5.62. The number of rotatable bonds is 2. The van der Waals surface area contributed by atoms with E-state index in [2.05, 4.69) is 88.5 Å². The first-order valence-electron chi connectivity index (χ1n) is 14.3. The Morgan fingerprint density at radius 1 is 0.467 bits per heavy atom. The Bertz CT molecular complexity index is 1930. The van der Waals surface area contributed by atoms with Gasteiger partial charge >= 0.3 is 44.8 Å². The van der Waals surface area contributed by atoms with E-state index < -0.39 is 0 Å². The summed E-state index contributed by atoms with van der Waals surface area (Å²) in [5.41, 5.74) is 14.5. The quantitative estimate of drug-likeness (QED) is 0.0989. The molecule has 0 fully saturated rings. The van der Waals surface area contributed by atoms with Gasteiger partial charge in [0, 0.05) is 30.2 Å². The van der Waals surface area contributed by atoms with Crippen molar-refractivity contribution in [2.24, 2.45) is 0 Å². The molecule has 2 aromatic heterocycles.